The molecule has 144 valence electrons. The summed E-state index contributed by atoms with van der Waals surface area (Å²) in [6, 6.07) is 7.86. The van der Waals surface area contributed by atoms with Crippen LogP contribution in [0.3, 0.4) is 0 Å². The molecule has 3 N–H and O–H groups in total. The van der Waals surface area contributed by atoms with Gasteiger partial charge >= 0.3 is 6.03 Å². The van der Waals surface area contributed by atoms with Gasteiger partial charge in [0.15, 0.2) is 6.54 Å². The second-order valence-corrected chi connectivity index (χ2v) is 8.24. The number of urea groups is 1. The van der Waals surface area contributed by atoms with Crippen LogP contribution in [0, 0.1) is 0 Å². The molecule has 1 aliphatic rings. The summed E-state index contributed by atoms with van der Waals surface area (Å²) >= 11 is 0. The van der Waals surface area contributed by atoms with E-state index in [0.29, 0.717) is 32.7 Å². The number of quaternary nitrogens is 1. The maximum atomic E-state index is 12.6. The van der Waals surface area contributed by atoms with Gasteiger partial charge in [-0.05, 0) is 18.6 Å². The Bertz CT molecular complexity index is 701. The Morgan fingerprint density at radius 2 is 1.81 bits per heavy atom. The van der Waals surface area contributed by atoms with Crippen LogP contribution in [0.15, 0.2) is 35.2 Å². The van der Waals surface area contributed by atoms with Gasteiger partial charge in [0.25, 0.3) is 5.91 Å². The second kappa shape index (κ2) is 9.65. The molecule has 1 saturated heterocycles. The zero-order valence-electron chi connectivity index (χ0n) is 15.0. The molecule has 26 heavy (non-hydrogen) atoms. The smallest absolute Gasteiger partial charge is 0.321 e. The molecule has 1 aromatic carbocycles. The number of amides is 3. The van der Waals surface area contributed by atoms with E-state index in [0.717, 1.165) is 17.7 Å². The van der Waals surface area contributed by atoms with Gasteiger partial charge in [-0.1, -0.05) is 31.5 Å². The number of carbonyl (C=O) groups is 2. The first kappa shape index (κ1) is 20.3. The van der Waals surface area contributed by atoms with Gasteiger partial charge in [0.05, 0.1) is 31.1 Å². The highest BCUT2D eigenvalue weighted by molar-refractivity contribution is 7.89. The molecule has 0 saturated carbocycles. The molecule has 0 aromatic heterocycles. The molecule has 3 amide bonds. The lowest BCUT2D eigenvalue weighted by Crippen LogP contribution is -3.15. The number of rotatable bonds is 7. The Hall–Kier alpha value is -1.97. The van der Waals surface area contributed by atoms with Crippen molar-refractivity contribution in [1.82, 2.24) is 14.9 Å². The average Bonchev–Trinajstić information content (AvgIpc) is 2.63. The van der Waals surface area contributed by atoms with Crippen LogP contribution in [0.25, 0.3) is 0 Å². The third kappa shape index (κ3) is 5.79. The van der Waals surface area contributed by atoms with Gasteiger partial charge in [-0.3, -0.25) is 10.1 Å². The van der Waals surface area contributed by atoms with Crippen molar-refractivity contribution in [1.29, 1.82) is 0 Å². The number of benzene rings is 1. The predicted molar refractivity (Wildman–Crippen MR) is 97.2 cm³/mol. The van der Waals surface area contributed by atoms with Crippen molar-refractivity contribution >= 4 is 22.0 Å². The van der Waals surface area contributed by atoms with E-state index >= 15 is 0 Å². The molecule has 1 aliphatic heterocycles. The summed E-state index contributed by atoms with van der Waals surface area (Å²) in [5.41, 5.74) is 0. The Morgan fingerprint density at radius 1 is 1.15 bits per heavy atom. The van der Waals surface area contributed by atoms with E-state index in [9.17, 15) is 18.0 Å². The van der Waals surface area contributed by atoms with E-state index in [-0.39, 0.29) is 17.3 Å². The number of unbranched alkanes of at least 4 members (excludes halogenated alkanes) is 1. The normalized spacial score (nSPS) is 16.2. The third-order valence-corrected chi connectivity index (χ3v) is 6.20. The molecule has 0 bridgehead atoms. The summed E-state index contributed by atoms with van der Waals surface area (Å²) in [5.74, 6) is -0.353. The van der Waals surface area contributed by atoms with Crippen molar-refractivity contribution in [3.05, 3.63) is 30.3 Å². The fourth-order valence-electron chi connectivity index (χ4n) is 2.78. The molecule has 8 nitrogen and oxygen atoms in total. The largest absolute Gasteiger partial charge is 0.338 e. The predicted octanol–water partition coefficient (Wildman–Crippen LogP) is -0.798. The summed E-state index contributed by atoms with van der Waals surface area (Å²) in [7, 11) is -3.49. The quantitative estimate of drug-likeness (QED) is 0.537. The van der Waals surface area contributed by atoms with Crippen LogP contribution < -0.4 is 15.5 Å². The van der Waals surface area contributed by atoms with Gasteiger partial charge in [-0.2, -0.15) is 4.31 Å². The van der Waals surface area contributed by atoms with Crippen LogP contribution >= 0.6 is 0 Å². The van der Waals surface area contributed by atoms with Gasteiger partial charge in [0, 0.05) is 6.54 Å². The lowest BCUT2D eigenvalue weighted by molar-refractivity contribution is -0.895. The third-order valence-electron chi connectivity index (χ3n) is 4.29. The maximum Gasteiger partial charge on any atom is 0.321 e. The lowest BCUT2D eigenvalue weighted by Gasteiger charge is -2.31. The molecule has 1 heterocycles. The minimum Gasteiger partial charge on any atom is -0.338 e. The highest BCUT2D eigenvalue weighted by atomic mass is 32.2. The van der Waals surface area contributed by atoms with Crippen LogP contribution in [-0.2, 0) is 14.8 Å². The molecule has 1 fully saturated rings. The van der Waals surface area contributed by atoms with Crippen molar-refractivity contribution in [3.63, 3.8) is 0 Å². The van der Waals surface area contributed by atoms with Crippen LogP contribution in [0.2, 0.25) is 0 Å². The molecule has 9 heteroatoms. The highest BCUT2D eigenvalue weighted by Crippen LogP contribution is 2.14. The standard InChI is InChI=1S/C17H26N4O4S/c1-2-3-9-18-17(23)19-16(22)14-20-10-12-21(13-11-20)26(24,25)15-7-5-4-6-8-15/h4-8H,2-3,9-14H2,1H3,(H2,18,19,22,23)/p+1. The first-order valence-corrected chi connectivity index (χ1v) is 10.3. The number of nitrogens with one attached hydrogen (secondary N) is 3. The first-order chi connectivity index (χ1) is 12.4. The number of imide groups is 1. The highest BCUT2D eigenvalue weighted by Gasteiger charge is 2.31. The second-order valence-electron chi connectivity index (χ2n) is 6.30. The van der Waals surface area contributed by atoms with E-state index in [2.05, 4.69) is 10.6 Å². The van der Waals surface area contributed by atoms with Gasteiger partial charge in [-0.25, -0.2) is 13.2 Å². The Morgan fingerprint density at radius 3 is 2.42 bits per heavy atom. The number of sulfonamides is 1. The van der Waals surface area contributed by atoms with Crippen molar-refractivity contribution in [2.24, 2.45) is 0 Å². The van der Waals surface area contributed by atoms with Crippen LogP contribution in [0.1, 0.15) is 19.8 Å². The molecule has 0 unspecified atom stereocenters. The zero-order valence-corrected chi connectivity index (χ0v) is 15.8. The van der Waals surface area contributed by atoms with Crippen molar-refractivity contribution in [2.75, 3.05) is 39.3 Å². The molecule has 0 aliphatic carbocycles. The topological polar surface area (TPSA) is 100 Å². The number of hydrogen-bond donors (Lipinski definition) is 3. The molecule has 0 atom stereocenters. The molecule has 0 spiro atoms. The van der Waals surface area contributed by atoms with E-state index in [1.807, 2.05) is 6.92 Å². The summed E-state index contributed by atoms with van der Waals surface area (Å²) in [6.45, 7) is 4.46. The van der Waals surface area contributed by atoms with Crippen molar-refractivity contribution in [2.45, 2.75) is 24.7 Å². The molecular formula is C17H27N4O4S+. The fraction of sp³-hybridized carbons (Fsp3) is 0.529. The van der Waals surface area contributed by atoms with E-state index in [1.54, 1.807) is 30.3 Å². The summed E-state index contributed by atoms with van der Waals surface area (Å²) < 4.78 is 26.6. The molecule has 2 rings (SSSR count). The Labute approximate surface area is 154 Å². The van der Waals surface area contributed by atoms with Gasteiger partial charge < -0.3 is 10.2 Å². The first-order valence-electron chi connectivity index (χ1n) is 8.90. The number of carbonyl (C=O) groups excluding carboxylic acids is 2. The van der Waals surface area contributed by atoms with Crippen LogP contribution in [0.4, 0.5) is 4.79 Å². The monoisotopic (exact) mass is 383 g/mol. The molecule has 0 radical (unpaired) electrons. The van der Waals surface area contributed by atoms with Crippen molar-refractivity contribution in [3.8, 4) is 0 Å². The maximum absolute atomic E-state index is 12.6. The van der Waals surface area contributed by atoms with Crippen molar-refractivity contribution < 1.29 is 22.9 Å². The zero-order chi connectivity index (χ0) is 19.0. The average molecular weight is 383 g/mol. The van der Waals surface area contributed by atoms with Gasteiger partial charge in [-0.15, -0.1) is 0 Å². The van der Waals surface area contributed by atoms with Gasteiger partial charge in [0.2, 0.25) is 10.0 Å². The van der Waals surface area contributed by atoms with E-state index < -0.39 is 16.1 Å². The van der Waals surface area contributed by atoms with Crippen LogP contribution in [-0.4, -0.2) is 63.9 Å². The summed E-state index contributed by atoms with van der Waals surface area (Å²) in [4.78, 5) is 24.7. The minimum atomic E-state index is -3.49. The number of nitrogens with zero attached hydrogens (tertiary/aromatic N) is 1. The Balaban J connectivity index is 1.78. The molecular weight excluding hydrogens is 356 g/mol. The lowest BCUT2D eigenvalue weighted by atomic mass is 10.3. The Kier molecular flexibility index (Phi) is 7.55. The fourth-order valence-corrected chi connectivity index (χ4v) is 4.24. The van der Waals surface area contributed by atoms with E-state index in [1.165, 1.54) is 4.31 Å². The van der Waals surface area contributed by atoms with Gasteiger partial charge in [0.1, 0.15) is 0 Å². The van der Waals surface area contributed by atoms with E-state index in [4.69, 9.17) is 0 Å². The summed E-state index contributed by atoms with van der Waals surface area (Å²) in [5, 5.41) is 4.94. The number of piperazine rings is 1. The SMILES string of the molecule is CCCCNC(=O)NC(=O)C[NH+]1CCN(S(=O)(=O)c2ccccc2)CC1. The molecule has 1 aromatic rings. The minimum absolute atomic E-state index is 0.153. The summed E-state index contributed by atoms with van der Waals surface area (Å²) in [6.07, 6.45) is 1.83. The van der Waals surface area contributed by atoms with Crippen LogP contribution in [0.5, 0.6) is 0 Å². The number of hydrogen-bond acceptors (Lipinski definition) is 4.